The fraction of sp³-hybridized carbons (Fsp3) is 0.458. The molecule has 1 amide bonds. The molecule has 7 heteroatoms. The molecule has 0 spiro atoms. The SMILES string of the molecule is CC(C)(C)C1CCc2c(sc(NC(=O)c3sc4nc5c(cc4c3N)CCC5)c2C#N)C1. The molecule has 3 heterocycles. The molecule has 5 rings (SSSR count). The van der Waals surface area contributed by atoms with E-state index in [0.717, 1.165) is 60.0 Å². The minimum atomic E-state index is -0.247. The third-order valence-corrected chi connectivity index (χ3v) is 9.07. The lowest BCUT2D eigenvalue weighted by atomic mass is 9.72. The second-order valence-corrected chi connectivity index (χ2v) is 11.8. The molecule has 2 aliphatic rings. The first-order chi connectivity index (χ1) is 14.8. The van der Waals surface area contributed by atoms with Gasteiger partial charge in [0.25, 0.3) is 5.91 Å². The van der Waals surface area contributed by atoms with Crippen LogP contribution >= 0.6 is 22.7 Å². The van der Waals surface area contributed by atoms with Crippen molar-refractivity contribution in [3.05, 3.63) is 38.2 Å². The van der Waals surface area contributed by atoms with Gasteiger partial charge in [-0.3, -0.25) is 4.79 Å². The number of amides is 1. The zero-order chi connectivity index (χ0) is 21.9. The lowest BCUT2D eigenvalue weighted by Crippen LogP contribution is -2.26. The standard InChI is InChI=1S/C24H26N4OS2/c1-24(2,3)13-7-8-14-16(11-25)23(30-18(14)10-13)28-21(29)20-19(26)15-9-12-5-4-6-17(12)27-22(15)31-20/h9,13H,4-8,10,26H2,1-3H3,(H,28,29). The number of anilines is 2. The summed E-state index contributed by atoms with van der Waals surface area (Å²) in [7, 11) is 0. The van der Waals surface area contributed by atoms with Gasteiger partial charge in [-0.05, 0) is 67.1 Å². The highest BCUT2D eigenvalue weighted by molar-refractivity contribution is 7.21. The van der Waals surface area contributed by atoms with Crippen molar-refractivity contribution >= 4 is 49.5 Å². The van der Waals surface area contributed by atoms with Crippen LogP contribution in [0.15, 0.2) is 6.07 Å². The molecule has 3 N–H and O–H groups in total. The van der Waals surface area contributed by atoms with Crippen LogP contribution in [-0.4, -0.2) is 10.9 Å². The number of aromatic nitrogens is 1. The minimum absolute atomic E-state index is 0.233. The molecule has 0 aliphatic heterocycles. The normalized spacial score (nSPS) is 17.9. The van der Waals surface area contributed by atoms with Crippen LogP contribution in [-0.2, 0) is 25.7 Å². The number of hydrogen-bond acceptors (Lipinski definition) is 6. The molecular formula is C24H26N4OS2. The number of rotatable bonds is 2. The average molecular weight is 451 g/mol. The first kappa shape index (κ1) is 20.5. The highest BCUT2D eigenvalue weighted by Crippen LogP contribution is 2.44. The second kappa shape index (κ2) is 7.32. The summed E-state index contributed by atoms with van der Waals surface area (Å²) in [4.78, 5) is 20.4. The van der Waals surface area contributed by atoms with Gasteiger partial charge in [0, 0.05) is 16.0 Å². The molecule has 5 nitrogen and oxygen atoms in total. The van der Waals surface area contributed by atoms with E-state index in [0.29, 0.717) is 27.0 Å². The van der Waals surface area contributed by atoms with E-state index in [1.54, 1.807) is 11.3 Å². The van der Waals surface area contributed by atoms with Gasteiger partial charge >= 0.3 is 0 Å². The van der Waals surface area contributed by atoms with E-state index < -0.39 is 0 Å². The number of nitriles is 1. The van der Waals surface area contributed by atoms with Gasteiger partial charge in [0.1, 0.15) is 20.8 Å². The first-order valence-corrected chi connectivity index (χ1v) is 12.5. The Bertz CT molecular complexity index is 1260. The van der Waals surface area contributed by atoms with Gasteiger partial charge < -0.3 is 11.1 Å². The maximum Gasteiger partial charge on any atom is 0.268 e. The molecule has 0 fully saturated rings. The summed E-state index contributed by atoms with van der Waals surface area (Å²) in [5.74, 6) is 0.336. The fourth-order valence-electron chi connectivity index (χ4n) is 4.86. The molecule has 3 aromatic rings. The number of aryl methyl sites for hydroxylation is 2. The smallest absolute Gasteiger partial charge is 0.268 e. The summed E-state index contributed by atoms with van der Waals surface area (Å²) in [6, 6.07) is 4.44. The van der Waals surface area contributed by atoms with Gasteiger partial charge in [-0.2, -0.15) is 5.26 Å². The van der Waals surface area contributed by atoms with E-state index in [4.69, 9.17) is 10.7 Å². The van der Waals surface area contributed by atoms with Gasteiger partial charge in [0.15, 0.2) is 0 Å². The van der Waals surface area contributed by atoms with Crippen LogP contribution in [0.25, 0.3) is 10.2 Å². The molecule has 3 aromatic heterocycles. The molecule has 0 saturated heterocycles. The topological polar surface area (TPSA) is 91.8 Å². The monoisotopic (exact) mass is 450 g/mol. The number of nitrogens with one attached hydrogen (secondary N) is 1. The number of thiophene rings is 2. The number of nitrogens with zero attached hydrogens (tertiary/aromatic N) is 2. The third kappa shape index (κ3) is 3.42. The van der Waals surface area contributed by atoms with Crippen molar-refractivity contribution in [1.29, 1.82) is 5.26 Å². The molecule has 1 unspecified atom stereocenters. The number of nitrogen functional groups attached to an aromatic ring is 1. The second-order valence-electron chi connectivity index (χ2n) is 9.72. The number of hydrogen-bond donors (Lipinski definition) is 2. The number of carbonyl (C=O) groups excluding carboxylic acids is 1. The van der Waals surface area contributed by atoms with Crippen LogP contribution in [0.1, 0.15) is 70.5 Å². The molecule has 31 heavy (non-hydrogen) atoms. The molecule has 0 radical (unpaired) electrons. The Morgan fingerprint density at radius 2 is 2.10 bits per heavy atom. The predicted molar refractivity (Wildman–Crippen MR) is 128 cm³/mol. The van der Waals surface area contributed by atoms with Crippen LogP contribution in [0, 0.1) is 22.7 Å². The average Bonchev–Trinajstić information content (AvgIpc) is 3.40. The van der Waals surface area contributed by atoms with Crippen LogP contribution in [0.4, 0.5) is 10.7 Å². The van der Waals surface area contributed by atoms with Crippen molar-refractivity contribution in [3.63, 3.8) is 0 Å². The van der Waals surface area contributed by atoms with Crippen molar-refractivity contribution in [1.82, 2.24) is 4.98 Å². The number of carbonyl (C=O) groups is 1. The third-order valence-electron chi connectivity index (χ3n) is 6.78. The largest absolute Gasteiger partial charge is 0.397 e. The Morgan fingerprint density at radius 1 is 1.29 bits per heavy atom. The molecule has 0 saturated carbocycles. The van der Waals surface area contributed by atoms with Crippen molar-refractivity contribution in [3.8, 4) is 6.07 Å². The van der Waals surface area contributed by atoms with Gasteiger partial charge in [-0.15, -0.1) is 22.7 Å². The molecule has 0 bridgehead atoms. The van der Waals surface area contributed by atoms with Gasteiger partial charge in [-0.25, -0.2) is 4.98 Å². The maximum atomic E-state index is 13.2. The highest BCUT2D eigenvalue weighted by atomic mass is 32.1. The minimum Gasteiger partial charge on any atom is -0.397 e. The molecule has 160 valence electrons. The summed E-state index contributed by atoms with van der Waals surface area (Å²) in [6.07, 6.45) is 6.09. The number of nitrogens with two attached hydrogens (primary N) is 1. The fourth-order valence-corrected chi connectivity index (χ4v) is 7.12. The van der Waals surface area contributed by atoms with Crippen molar-refractivity contribution in [2.45, 2.75) is 59.3 Å². The zero-order valence-electron chi connectivity index (χ0n) is 18.1. The Kier molecular flexibility index (Phi) is 4.83. The lowest BCUT2D eigenvalue weighted by molar-refractivity contribution is 0.103. The predicted octanol–water partition coefficient (Wildman–Crippen LogP) is 5.70. The Labute approximate surface area is 190 Å². The van der Waals surface area contributed by atoms with Crippen LogP contribution in [0.5, 0.6) is 0 Å². The first-order valence-electron chi connectivity index (χ1n) is 10.8. The van der Waals surface area contributed by atoms with E-state index in [9.17, 15) is 10.1 Å². The number of pyridine rings is 1. The molecular weight excluding hydrogens is 424 g/mol. The van der Waals surface area contributed by atoms with Crippen LogP contribution < -0.4 is 11.1 Å². The van der Waals surface area contributed by atoms with Crippen molar-refractivity contribution in [2.75, 3.05) is 11.1 Å². The molecule has 0 aromatic carbocycles. The lowest BCUT2D eigenvalue weighted by Gasteiger charge is -2.33. The number of fused-ring (bicyclic) bond motifs is 3. The van der Waals surface area contributed by atoms with E-state index in [-0.39, 0.29) is 11.3 Å². The Balaban J connectivity index is 1.46. The highest BCUT2D eigenvalue weighted by Gasteiger charge is 2.32. The van der Waals surface area contributed by atoms with E-state index >= 15 is 0 Å². The summed E-state index contributed by atoms with van der Waals surface area (Å²) < 4.78 is 0. The van der Waals surface area contributed by atoms with Gasteiger partial charge in [0.2, 0.25) is 0 Å². The summed E-state index contributed by atoms with van der Waals surface area (Å²) in [5.41, 5.74) is 11.2. The van der Waals surface area contributed by atoms with Gasteiger partial charge in [0.05, 0.1) is 11.3 Å². The van der Waals surface area contributed by atoms with E-state index in [1.165, 1.54) is 21.8 Å². The van der Waals surface area contributed by atoms with Crippen LogP contribution in [0.3, 0.4) is 0 Å². The Hall–Kier alpha value is -2.43. The zero-order valence-corrected chi connectivity index (χ0v) is 19.7. The Morgan fingerprint density at radius 3 is 2.84 bits per heavy atom. The summed E-state index contributed by atoms with van der Waals surface area (Å²) in [5, 5.41) is 14.3. The summed E-state index contributed by atoms with van der Waals surface area (Å²) in [6.45, 7) is 6.83. The van der Waals surface area contributed by atoms with Crippen molar-refractivity contribution in [2.24, 2.45) is 11.3 Å². The van der Waals surface area contributed by atoms with Crippen molar-refractivity contribution < 1.29 is 4.79 Å². The van der Waals surface area contributed by atoms with E-state index in [1.807, 2.05) is 0 Å². The summed E-state index contributed by atoms with van der Waals surface area (Å²) >= 11 is 2.90. The molecule has 1 atom stereocenters. The van der Waals surface area contributed by atoms with Gasteiger partial charge in [-0.1, -0.05) is 20.8 Å². The maximum absolute atomic E-state index is 13.2. The molecule has 2 aliphatic carbocycles. The quantitative estimate of drug-likeness (QED) is 0.523. The van der Waals surface area contributed by atoms with Crippen LogP contribution in [0.2, 0.25) is 0 Å². The van der Waals surface area contributed by atoms with E-state index in [2.05, 4.69) is 38.2 Å².